The van der Waals surface area contributed by atoms with Gasteiger partial charge in [-0.05, 0) is 18.2 Å². The molecule has 0 aliphatic rings. The molecule has 0 saturated heterocycles. The summed E-state index contributed by atoms with van der Waals surface area (Å²) in [6, 6.07) is 3.38. The molecule has 0 radical (unpaired) electrons. The van der Waals surface area contributed by atoms with Crippen LogP contribution in [0.25, 0.3) is 0 Å². The fourth-order valence-corrected chi connectivity index (χ4v) is 1.20. The Morgan fingerprint density at radius 1 is 1.31 bits per heavy atom. The van der Waals surface area contributed by atoms with Crippen LogP contribution in [0.15, 0.2) is 23.1 Å². The quantitative estimate of drug-likeness (QED) is 0.376. The summed E-state index contributed by atoms with van der Waals surface area (Å²) in [6.07, 6.45) is -4.37. The number of nitrogens with two attached hydrogens (primary N) is 1. The highest BCUT2D eigenvalue weighted by atomic mass is 32.1. The predicted octanol–water partition coefficient (Wildman–Crippen LogP) is 2.28. The molecule has 0 atom stereocenters. The summed E-state index contributed by atoms with van der Waals surface area (Å²) in [5, 5.41) is 0. The number of benzene rings is 1. The normalized spacial score (nSPS) is 11.5. The summed E-state index contributed by atoms with van der Waals surface area (Å²) in [5.41, 5.74) is 1.85. The van der Waals surface area contributed by atoms with E-state index < -0.39 is 11.7 Å². The van der Waals surface area contributed by atoms with Crippen molar-refractivity contribution in [1.82, 2.24) is 0 Å². The highest BCUT2D eigenvalue weighted by molar-refractivity contribution is 7.80. The summed E-state index contributed by atoms with van der Waals surface area (Å²) >= 11 is 3.70. The fourth-order valence-electron chi connectivity index (χ4n) is 0.861. The Balaban J connectivity index is 3.13. The molecule has 0 bridgehead atoms. The second-order valence-corrected chi connectivity index (χ2v) is 2.86. The second kappa shape index (κ2) is 3.47. The molecule has 1 aromatic carbocycles. The molecular weight excluding hydrogens is 201 g/mol. The number of nitrogen functional groups attached to an aromatic ring is 1. The van der Waals surface area contributed by atoms with E-state index in [-0.39, 0.29) is 4.90 Å². The first-order chi connectivity index (χ1) is 5.95. The lowest BCUT2D eigenvalue weighted by Gasteiger charge is -2.10. The third-order valence-corrected chi connectivity index (χ3v) is 1.84. The molecular formula is C7H7F3N2S. The average molecular weight is 208 g/mol. The van der Waals surface area contributed by atoms with Crippen LogP contribution in [0.1, 0.15) is 5.56 Å². The Morgan fingerprint density at radius 2 is 1.92 bits per heavy atom. The summed E-state index contributed by atoms with van der Waals surface area (Å²) in [5.74, 6) is 5.01. The minimum Gasteiger partial charge on any atom is -0.324 e. The lowest BCUT2D eigenvalue weighted by molar-refractivity contribution is -0.139. The maximum absolute atomic E-state index is 12.2. The second-order valence-electron chi connectivity index (χ2n) is 2.37. The smallest absolute Gasteiger partial charge is 0.324 e. The van der Waals surface area contributed by atoms with Gasteiger partial charge in [-0.1, -0.05) is 0 Å². The lowest BCUT2D eigenvalue weighted by atomic mass is 10.2. The monoisotopic (exact) mass is 208 g/mol. The van der Waals surface area contributed by atoms with Gasteiger partial charge in [0.25, 0.3) is 0 Å². The highest BCUT2D eigenvalue weighted by Crippen LogP contribution is 2.34. The number of anilines is 1. The van der Waals surface area contributed by atoms with Crippen LogP contribution in [0, 0.1) is 0 Å². The van der Waals surface area contributed by atoms with Crippen molar-refractivity contribution in [1.29, 1.82) is 0 Å². The van der Waals surface area contributed by atoms with Gasteiger partial charge >= 0.3 is 6.18 Å². The Morgan fingerprint density at radius 3 is 2.31 bits per heavy atom. The van der Waals surface area contributed by atoms with E-state index in [1.807, 2.05) is 0 Å². The van der Waals surface area contributed by atoms with Gasteiger partial charge in [0.05, 0.1) is 5.56 Å². The van der Waals surface area contributed by atoms with E-state index in [4.69, 9.17) is 5.84 Å². The van der Waals surface area contributed by atoms with Crippen LogP contribution in [0.4, 0.5) is 18.9 Å². The van der Waals surface area contributed by atoms with Crippen molar-refractivity contribution in [3.05, 3.63) is 23.8 Å². The van der Waals surface area contributed by atoms with E-state index in [9.17, 15) is 13.2 Å². The zero-order chi connectivity index (χ0) is 10.1. The van der Waals surface area contributed by atoms with E-state index in [2.05, 4.69) is 18.1 Å². The van der Waals surface area contributed by atoms with E-state index >= 15 is 0 Å². The standard InChI is InChI=1S/C7H7F3N2S/c8-7(9,10)5-2-1-4(12-11)3-6(5)13/h1-3,12-13H,11H2. The molecule has 0 heterocycles. The number of thiol groups is 1. The van der Waals surface area contributed by atoms with E-state index in [1.165, 1.54) is 12.1 Å². The Bertz CT molecular complexity index is 311. The molecule has 0 unspecified atom stereocenters. The van der Waals surface area contributed by atoms with Crippen molar-refractivity contribution in [2.45, 2.75) is 11.1 Å². The molecule has 0 fully saturated rings. The minimum absolute atomic E-state index is 0.150. The maximum atomic E-state index is 12.2. The molecule has 13 heavy (non-hydrogen) atoms. The third kappa shape index (κ3) is 2.28. The number of nitrogens with one attached hydrogen (secondary N) is 1. The van der Waals surface area contributed by atoms with Crippen LogP contribution < -0.4 is 11.3 Å². The average Bonchev–Trinajstić information content (AvgIpc) is 2.01. The Hall–Kier alpha value is -0.880. The summed E-state index contributed by atoms with van der Waals surface area (Å²) in [7, 11) is 0. The number of rotatable bonds is 1. The molecule has 1 aromatic rings. The molecule has 2 nitrogen and oxygen atoms in total. The maximum Gasteiger partial charge on any atom is 0.417 e. The first-order valence-corrected chi connectivity index (χ1v) is 3.76. The Labute approximate surface area is 78.3 Å². The van der Waals surface area contributed by atoms with Crippen LogP contribution >= 0.6 is 12.6 Å². The first-order valence-electron chi connectivity index (χ1n) is 3.32. The number of halogens is 3. The van der Waals surface area contributed by atoms with Gasteiger partial charge in [0.2, 0.25) is 0 Å². The zero-order valence-electron chi connectivity index (χ0n) is 6.39. The van der Waals surface area contributed by atoms with Gasteiger partial charge in [-0.15, -0.1) is 12.6 Å². The molecule has 0 aliphatic heterocycles. The molecule has 3 N–H and O–H groups in total. The third-order valence-electron chi connectivity index (χ3n) is 1.47. The molecule has 0 aliphatic carbocycles. The number of alkyl halides is 3. The first kappa shape index (κ1) is 10.2. The van der Waals surface area contributed by atoms with Gasteiger partial charge in [-0.2, -0.15) is 13.2 Å². The van der Waals surface area contributed by atoms with Gasteiger partial charge in [0.1, 0.15) is 0 Å². The number of hydrazine groups is 1. The molecule has 6 heteroatoms. The SMILES string of the molecule is NNc1ccc(C(F)(F)F)c(S)c1. The van der Waals surface area contributed by atoms with Crippen molar-refractivity contribution < 1.29 is 13.2 Å². The van der Waals surface area contributed by atoms with Crippen molar-refractivity contribution in [2.75, 3.05) is 5.43 Å². The van der Waals surface area contributed by atoms with E-state index in [0.717, 1.165) is 6.07 Å². The minimum atomic E-state index is -4.37. The molecule has 0 aromatic heterocycles. The van der Waals surface area contributed by atoms with Crippen LogP contribution in [-0.4, -0.2) is 0 Å². The van der Waals surface area contributed by atoms with E-state index in [1.54, 1.807) is 0 Å². The summed E-state index contributed by atoms with van der Waals surface area (Å²) < 4.78 is 36.6. The van der Waals surface area contributed by atoms with Gasteiger partial charge in [-0.3, -0.25) is 5.84 Å². The number of hydrogen-bond donors (Lipinski definition) is 3. The molecule has 0 spiro atoms. The predicted molar refractivity (Wildman–Crippen MR) is 46.5 cm³/mol. The highest BCUT2D eigenvalue weighted by Gasteiger charge is 2.32. The van der Waals surface area contributed by atoms with Gasteiger partial charge in [0.15, 0.2) is 0 Å². The van der Waals surface area contributed by atoms with Crippen molar-refractivity contribution >= 4 is 18.3 Å². The van der Waals surface area contributed by atoms with E-state index in [0.29, 0.717) is 5.69 Å². The van der Waals surface area contributed by atoms with Gasteiger partial charge in [-0.25, -0.2) is 0 Å². The van der Waals surface area contributed by atoms with Gasteiger partial charge < -0.3 is 5.43 Å². The largest absolute Gasteiger partial charge is 0.417 e. The molecule has 72 valence electrons. The van der Waals surface area contributed by atoms with Crippen LogP contribution in [-0.2, 0) is 6.18 Å². The summed E-state index contributed by atoms with van der Waals surface area (Å²) in [6.45, 7) is 0. The summed E-state index contributed by atoms with van der Waals surface area (Å²) in [4.78, 5) is -0.150. The van der Waals surface area contributed by atoms with Crippen LogP contribution in [0.5, 0.6) is 0 Å². The van der Waals surface area contributed by atoms with Crippen LogP contribution in [0.2, 0.25) is 0 Å². The Kier molecular flexibility index (Phi) is 2.72. The fraction of sp³-hybridized carbons (Fsp3) is 0.143. The molecule has 0 saturated carbocycles. The molecule has 0 amide bonds. The number of hydrogen-bond acceptors (Lipinski definition) is 3. The van der Waals surface area contributed by atoms with Gasteiger partial charge in [0, 0.05) is 10.6 Å². The van der Waals surface area contributed by atoms with Crippen molar-refractivity contribution in [2.24, 2.45) is 5.84 Å². The zero-order valence-corrected chi connectivity index (χ0v) is 7.28. The lowest BCUT2D eigenvalue weighted by Crippen LogP contribution is -2.09. The topological polar surface area (TPSA) is 38.0 Å². The van der Waals surface area contributed by atoms with Crippen LogP contribution in [0.3, 0.4) is 0 Å². The molecule has 1 rings (SSSR count). The van der Waals surface area contributed by atoms with Crippen molar-refractivity contribution in [3.63, 3.8) is 0 Å². The van der Waals surface area contributed by atoms with Crippen molar-refractivity contribution in [3.8, 4) is 0 Å².